The first-order valence-electron chi connectivity index (χ1n) is 13.2. The maximum atomic E-state index is 13.0. The summed E-state index contributed by atoms with van der Waals surface area (Å²) in [5, 5.41) is 0. The summed E-state index contributed by atoms with van der Waals surface area (Å²) in [6, 6.07) is 14.6. The van der Waals surface area contributed by atoms with Crippen molar-refractivity contribution in [1.29, 1.82) is 0 Å². The molecule has 0 spiro atoms. The highest BCUT2D eigenvalue weighted by Crippen LogP contribution is 2.22. The molecule has 34 heavy (non-hydrogen) atoms. The van der Waals surface area contributed by atoms with Crippen molar-refractivity contribution >= 4 is 11.6 Å². The lowest BCUT2D eigenvalue weighted by Gasteiger charge is -2.36. The van der Waals surface area contributed by atoms with Crippen molar-refractivity contribution in [2.45, 2.75) is 52.4 Å². The molecule has 1 amide bonds. The van der Waals surface area contributed by atoms with Crippen molar-refractivity contribution in [3.63, 3.8) is 0 Å². The van der Waals surface area contributed by atoms with Gasteiger partial charge in [-0.05, 0) is 82.1 Å². The van der Waals surface area contributed by atoms with Crippen LogP contribution in [0.2, 0.25) is 0 Å². The normalized spacial score (nSPS) is 17.8. The van der Waals surface area contributed by atoms with Crippen molar-refractivity contribution in [2.75, 3.05) is 57.3 Å². The van der Waals surface area contributed by atoms with Crippen molar-refractivity contribution in [1.82, 2.24) is 9.80 Å². The fourth-order valence-electron chi connectivity index (χ4n) is 5.07. The van der Waals surface area contributed by atoms with E-state index in [1.165, 1.54) is 50.9 Å². The van der Waals surface area contributed by atoms with Gasteiger partial charge in [0.2, 0.25) is 0 Å². The second-order valence-corrected chi connectivity index (χ2v) is 9.90. The molecule has 0 aromatic heterocycles. The maximum absolute atomic E-state index is 13.0. The van der Waals surface area contributed by atoms with Gasteiger partial charge in [0.25, 0.3) is 5.91 Å². The molecule has 5 heteroatoms. The highest BCUT2D eigenvalue weighted by molar-refractivity contribution is 5.96. The van der Waals surface area contributed by atoms with E-state index in [2.05, 4.69) is 40.1 Å². The van der Waals surface area contributed by atoms with Crippen LogP contribution in [0.5, 0.6) is 5.75 Å². The van der Waals surface area contributed by atoms with Gasteiger partial charge in [-0.2, -0.15) is 0 Å². The summed E-state index contributed by atoms with van der Waals surface area (Å²) in [5.74, 6) is 1.10. The lowest BCUT2D eigenvalue weighted by molar-refractivity contribution is 0.0746. The summed E-state index contributed by atoms with van der Waals surface area (Å²) in [6.07, 6.45) is 7.95. The lowest BCUT2D eigenvalue weighted by Crippen LogP contribution is -2.49. The summed E-state index contributed by atoms with van der Waals surface area (Å²) in [5.41, 5.74) is 4.22. The molecule has 0 aliphatic carbocycles. The Labute approximate surface area is 205 Å². The quantitative estimate of drug-likeness (QED) is 0.522. The lowest BCUT2D eigenvalue weighted by atomic mass is 10.0. The number of hydrogen-bond acceptors (Lipinski definition) is 4. The number of aryl methyl sites for hydroxylation is 2. The Bertz CT molecular complexity index is 911. The van der Waals surface area contributed by atoms with Gasteiger partial charge < -0.3 is 19.4 Å². The van der Waals surface area contributed by atoms with Crippen LogP contribution in [0.4, 0.5) is 5.69 Å². The smallest absolute Gasteiger partial charge is 0.254 e. The largest absolute Gasteiger partial charge is 0.494 e. The van der Waals surface area contributed by atoms with Gasteiger partial charge in [-0.25, -0.2) is 0 Å². The summed E-state index contributed by atoms with van der Waals surface area (Å²) >= 11 is 0. The first-order valence-corrected chi connectivity index (χ1v) is 13.2. The summed E-state index contributed by atoms with van der Waals surface area (Å²) in [6.45, 7) is 11.7. The van der Waals surface area contributed by atoms with Crippen LogP contribution in [0.1, 0.15) is 60.0 Å². The molecular weight excluding hydrogens is 422 g/mol. The molecule has 2 aromatic carbocycles. The van der Waals surface area contributed by atoms with Crippen LogP contribution < -0.4 is 9.64 Å². The average molecular weight is 464 g/mol. The Morgan fingerprint density at radius 2 is 1.50 bits per heavy atom. The zero-order valence-corrected chi connectivity index (χ0v) is 21.1. The molecular formula is C29H41N3O2. The van der Waals surface area contributed by atoms with Gasteiger partial charge in [0.05, 0.1) is 6.61 Å². The van der Waals surface area contributed by atoms with E-state index in [1.54, 1.807) is 0 Å². The van der Waals surface area contributed by atoms with E-state index in [0.717, 1.165) is 68.2 Å². The van der Waals surface area contributed by atoms with Gasteiger partial charge in [-0.3, -0.25) is 4.79 Å². The fourth-order valence-corrected chi connectivity index (χ4v) is 5.07. The first-order chi connectivity index (χ1) is 16.6. The van der Waals surface area contributed by atoms with E-state index in [1.807, 2.05) is 30.9 Å². The summed E-state index contributed by atoms with van der Waals surface area (Å²) in [7, 11) is 0. The topological polar surface area (TPSA) is 36.0 Å². The Hall–Kier alpha value is -2.53. The van der Waals surface area contributed by atoms with E-state index >= 15 is 0 Å². The first kappa shape index (κ1) is 24.6. The molecule has 5 nitrogen and oxygen atoms in total. The molecule has 2 fully saturated rings. The number of rotatable bonds is 7. The minimum Gasteiger partial charge on any atom is -0.494 e. The Balaban J connectivity index is 1.20. The number of anilines is 1. The van der Waals surface area contributed by atoms with Crippen LogP contribution in [0.25, 0.3) is 0 Å². The van der Waals surface area contributed by atoms with Crippen LogP contribution in [0, 0.1) is 13.8 Å². The average Bonchev–Trinajstić information content (AvgIpc) is 2.84. The monoisotopic (exact) mass is 463 g/mol. The van der Waals surface area contributed by atoms with Crippen LogP contribution in [0.15, 0.2) is 42.5 Å². The van der Waals surface area contributed by atoms with Crippen LogP contribution >= 0.6 is 0 Å². The summed E-state index contributed by atoms with van der Waals surface area (Å²) < 4.78 is 6.02. The Morgan fingerprint density at radius 1 is 0.824 bits per heavy atom. The van der Waals surface area contributed by atoms with Gasteiger partial charge in [0, 0.05) is 44.0 Å². The molecule has 184 valence electrons. The number of hydrogen-bond donors (Lipinski definition) is 0. The molecule has 0 atom stereocenters. The number of ether oxygens (including phenoxy) is 1. The Kier molecular flexibility index (Phi) is 8.86. The summed E-state index contributed by atoms with van der Waals surface area (Å²) in [4.78, 5) is 20.0. The van der Waals surface area contributed by atoms with E-state index in [9.17, 15) is 4.79 Å². The predicted octanol–water partition coefficient (Wildman–Crippen LogP) is 5.30. The predicted molar refractivity (Wildman–Crippen MR) is 140 cm³/mol. The molecule has 0 saturated carbocycles. The number of nitrogens with zero attached hydrogens (tertiary/aromatic N) is 3. The third-order valence-electron chi connectivity index (χ3n) is 7.23. The molecule has 0 radical (unpaired) electrons. The Morgan fingerprint density at radius 3 is 2.21 bits per heavy atom. The minimum atomic E-state index is 0.153. The van der Waals surface area contributed by atoms with Gasteiger partial charge in [-0.15, -0.1) is 0 Å². The van der Waals surface area contributed by atoms with Crippen molar-refractivity contribution < 1.29 is 9.53 Å². The fraction of sp³-hybridized carbons (Fsp3) is 0.552. The van der Waals surface area contributed by atoms with Crippen molar-refractivity contribution in [3.8, 4) is 5.75 Å². The molecule has 0 bridgehead atoms. The SMILES string of the molecule is Cc1ccc(C)c(C(=O)N2CCN(c3ccc(OCCCN4CCCCCCC4)cc3)CC2)c1. The third kappa shape index (κ3) is 6.75. The molecule has 2 aliphatic rings. The molecule has 4 rings (SSSR count). The standard InChI is InChI=1S/C29H41N3O2/c1-24-9-10-25(2)28(23-24)29(33)32-20-18-31(19-21-32)26-11-13-27(14-12-26)34-22-8-17-30-15-6-4-3-5-7-16-30/h9-14,23H,3-8,15-22H2,1-2H3. The maximum Gasteiger partial charge on any atom is 0.254 e. The molecule has 2 saturated heterocycles. The van der Waals surface area contributed by atoms with Gasteiger partial charge >= 0.3 is 0 Å². The van der Waals surface area contributed by atoms with E-state index in [-0.39, 0.29) is 5.91 Å². The number of likely N-dealkylation sites (tertiary alicyclic amines) is 1. The zero-order chi connectivity index (χ0) is 23.8. The van der Waals surface area contributed by atoms with Gasteiger partial charge in [-0.1, -0.05) is 37.0 Å². The van der Waals surface area contributed by atoms with Crippen LogP contribution in [-0.4, -0.2) is 68.1 Å². The molecule has 2 aliphatic heterocycles. The highest BCUT2D eigenvalue weighted by Gasteiger charge is 2.23. The van der Waals surface area contributed by atoms with Crippen LogP contribution in [0.3, 0.4) is 0 Å². The molecule has 2 heterocycles. The van der Waals surface area contributed by atoms with Gasteiger partial charge in [0.1, 0.15) is 5.75 Å². The van der Waals surface area contributed by atoms with Crippen molar-refractivity contribution in [2.24, 2.45) is 0 Å². The number of carbonyl (C=O) groups excluding carboxylic acids is 1. The van der Waals surface area contributed by atoms with E-state index < -0.39 is 0 Å². The van der Waals surface area contributed by atoms with E-state index in [0.29, 0.717) is 0 Å². The number of amides is 1. The second kappa shape index (κ2) is 12.3. The highest BCUT2D eigenvalue weighted by atomic mass is 16.5. The zero-order valence-electron chi connectivity index (χ0n) is 21.1. The molecule has 2 aromatic rings. The minimum absolute atomic E-state index is 0.153. The third-order valence-corrected chi connectivity index (χ3v) is 7.23. The van der Waals surface area contributed by atoms with Crippen molar-refractivity contribution in [3.05, 3.63) is 59.2 Å². The molecule has 0 unspecified atom stereocenters. The van der Waals surface area contributed by atoms with E-state index in [4.69, 9.17) is 4.74 Å². The number of piperazine rings is 1. The number of carbonyl (C=O) groups is 1. The second-order valence-electron chi connectivity index (χ2n) is 9.90. The number of benzene rings is 2. The van der Waals surface area contributed by atoms with Gasteiger partial charge in [0.15, 0.2) is 0 Å². The van der Waals surface area contributed by atoms with Crippen LogP contribution in [-0.2, 0) is 0 Å². The molecule has 0 N–H and O–H groups in total.